The van der Waals surface area contributed by atoms with Crippen molar-refractivity contribution in [1.29, 1.82) is 0 Å². The lowest BCUT2D eigenvalue weighted by atomic mass is 9.96. The highest BCUT2D eigenvalue weighted by Gasteiger charge is 2.44. The van der Waals surface area contributed by atoms with Gasteiger partial charge in [-0.25, -0.2) is 8.78 Å². The van der Waals surface area contributed by atoms with Crippen LogP contribution in [0.1, 0.15) is 12.8 Å². The first-order valence-electron chi connectivity index (χ1n) is 4.97. The van der Waals surface area contributed by atoms with Crippen molar-refractivity contribution < 1.29 is 8.78 Å². The molecule has 0 spiro atoms. The van der Waals surface area contributed by atoms with Crippen LogP contribution in [0.15, 0.2) is 0 Å². The Morgan fingerprint density at radius 1 is 1.23 bits per heavy atom. The zero-order valence-corrected chi connectivity index (χ0v) is 7.73. The number of alkyl halides is 2. The molecule has 0 saturated carbocycles. The van der Waals surface area contributed by atoms with Crippen LogP contribution in [0, 0.1) is 5.92 Å². The number of hydrogen-bond acceptors (Lipinski definition) is 2. The molecule has 76 valence electrons. The monoisotopic (exact) mass is 190 g/mol. The fourth-order valence-electron chi connectivity index (χ4n) is 2.17. The molecule has 4 heteroatoms. The van der Waals surface area contributed by atoms with E-state index in [2.05, 4.69) is 5.32 Å². The minimum Gasteiger partial charge on any atom is -0.317 e. The summed E-state index contributed by atoms with van der Waals surface area (Å²) >= 11 is 0. The van der Waals surface area contributed by atoms with Crippen LogP contribution >= 0.6 is 0 Å². The number of rotatable bonds is 2. The van der Waals surface area contributed by atoms with E-state index >= 15 is 0 Å². The lowest BCUT2D eigenvalue weighted by Gasteiger charge is -2.41. The van der Waals surface area contributed by atoms with Gasteiger partial charge in [0.05, 0.1) is 13.1 Å². The van der Waals surface area contributed by atoms with Crippen molar-refractivity contribution in [2.24, 2.45) is 5.92 Å². The second kappa shape index (κ2) is 3.50. The molecular weight excluding hydrogens is 174 g/mol. The van der Waals surface area contributed by atoms with E-state index < -0.39 is 5.92 Å². The third-order valence-corrected chi connectivity index (χ3v) is 2.88. The normalized spacial score (nSPS) is 30.0. The molecule has 2 aliphatic rings. The Bertz CT molecular complexity index is 170. The van der Waals surface area contributed by atoms with Gasteiger partial charge in [0.25, 0.3) is 5.92 Å². The number of halogens is 2. The van der Waals surface area contributed by atoms with Crippen LogP contribution in [-0.2, 0) is 0 Å². The van der Waals surface area contributed by atoms with E-state index in [1.165, 1.54) is 0 Å². The predicted molar refractivity (Wildman–Crippen MR) is 47.0 cm³/mol. The lowest BCUT2D eigenvalue weighted by molar-refractivity contribution is -0.135. The van der Waals surface area contributed by atoms with Gasteiger partial charge in [0, 0.05) is 6.54 Å². The molecule has 13 heavy (non-hydrogen) atoms. The summed E-state index contributed by atoms with van der Waals surface area (Å²) in [7, 11) is 0. The molecule has 2 aliphatic heterocycles. The van der Waals surface area contributed by atoms with E-state index in [1.807, 2.05) is 4.90 Å². The molecule has 2 saturated heterocycles. The Hall–Kier alpha value is -0.220. The van der Waals surface area contributed by atoms with E-state index in [9.17, 15) is 8.78 Å². The molecule has 0 aromatic carbocycles. The van der Waals surface area contributed by atoms with E-state index in [0.29, 0.717) is 5.92 Å². The van der Waals surface area contributed by atoms with Crippen molar-refractivity contribution in [3.8, 4) is 0 Å². The summed E-state index contributed by atoms with van der Waals surface area (Å²) in [5.74, 6) is -1.76. The van der Waals surface area contributed by atoms with Gasteiger partial charge in [-0.3, -0.25) is 4.90 Å². The van der Waals surface area contributed by atoms with Crippen LogP contribution in [-0.4, -0.2) is 43.5 Å². The highest BCUT2D eigenvalue weighted by molar-refractivity contribution is 4.88. The standard InChI is InChI=1S/C9H16F2N2/c10-9(11)6-13(7-9)5-8-1-3-12-4-2-8/h8,12H,1-7H2. The van der Waals surface area contributed by atoms with Gasteiger partial charge in [0.1, 0.15) is 0 Å². The van der Waals surface area contributed by atoms with Crippen LogP contribution in [0.5, 0.6) is 0 Å². The third kappa shape index (κ3) is 2.38. The molecule has 2 heterocycles. The van der Waals surface area contributed by atoms with Crippen LogP contribution in [0.4, 0.5) is 8.78 Å². The second-order valence-electron chi connectivity index (χ2n) is 4.22. The average Bonchev–Trinajstić information content (AvgIpc) is 2.03. The Kier molecular flexibility index (Phi) is 2.51. The van der Waals surface area contributed by atoms with Crippen molar-refractivity contribution in [2.45, 2.75) is 18.8 Å². The smallest absolute Gasteiger partial charge is 0.272 e. The van der Waals surface area contributed by atoms with E-state index in [4.69, 9.17) is 0 Å². The fourth-order valence-corrected chi connectivity index (χ4v) is 2.17. The number of nitrogens with zero attached hydrogens (tertiary/aromatic N) is 1. The van der Waals surface area contributed by atoms with Crippen LogP contribution in [0.25, 0.3) is 0 Å². The minimum atomic E-state index is -2.40. The molecule has 0 aromatic heterocycles. The van der Waals surface area contributed by atoms with Crippen molar-refractivity contribution in [3.63, 3.8) is 0 Å². The summed E-state index contributed by atoms with van der Waals surface area (Å²) < 4.78 is 25.0. The minimum absolute atomic E-state index is 0.0169. The van der Waals surface area contributed by atoms with Gasteiger partial charge in [-0.2, -0.15) is 0 Å². The highest BCUT2D eigenvalue weighted by Crippen LogP contribution is 2.28. The summed E-state index contributed by atoms with van der Waals surface area (Å²) in [6.07, 6.45) is 2.28. The van der Waals surface area contributed by atoms with E-state index in [-0.39, 0.29) is 13.1 Å². The zero-order valence-electron chi connectivity index (χ0n) is 7.73. The molecule has 0 atom stereocenters. The summed E-state index contributed by atoms with van der Waals surface area (Å²) in [5.41, 5.74) is 0. The number of hydrogen-bond donors (Lipinski definition) is 1. The van der Waals surface area contributed by atoms with Crippen molar-refractivity contribution in [3.05, 3.63) is 0 Å². The molecule has 2 fully saturated rings. The maximum absolute atomic E-state index is 12.5. The number of nitrogens with one attached hydrogen (secondary N) is 1. The van der Waals surface area contributed by atoms with Crippen LogP contribution in [0.2, 0.25) is 0 Å². The number of piperidine rings is 1. The molecule has 1 N–H and O–H groups in total. The summed E-state index contributed by atoms with van der Waals surface area (Å²) in [4.78, 5) is 1.87. The molecule has 0 aliphatic carbocycles. The molecule has 2 nitrogen and oxygen atoms in total. The van der Waals surface area contributed by atoms with Gasteiger partial charge in [-0.15, -0.1) is 0 Å². The highest BCUT2D eigenvalue weighted by atomic mass is 19.3. The van der Waals surface area contributed by atoms with Gasteiger partial charge in [0.2, 0.25) is 0 Å². The van der Waals surface area contributed by atoms with E-state index in [1.54, 1.807) is 0 Å². The quantitative estimate of drug-likeness (QED) is 0.697. The van der Waals surface area contributed by atoms with Crippen molar-refractivity contribution in [2.75, 3.05) is 32.7 Å². The molecule has 0 unspecified atom stereocenters. The zero-order chi connectivity index (χ0) is 9.31. The largest absolute Gasteiger partial charge is 0.317 e. The first kappa shape index (κ1) is 9.34. The maximum Gasteiger partial charge on any atom is 0.272 e. The van der Waals surface area contributed by atoms with E-state index in [0.717, 1.165) is 32.5 Å². The Morgan fingerprint density at radius 2 is 1.85 bits per heavy atom. The van der Waals surface area contributed by atoms with Crippen molar-refractivity contribution in [1.82, 2.24) is 10.2 Å². The predicted octanol–water partition coefficient (Wildman–Crippen LogP) is 0.937. The van der Waals surface area contributed by atoms with Crippen molar-refractivity contribution >= 4 is 0 Å². The number of likely N-dealkylation sites (tertiary alicyclic amines) is 1. The first-order valence-corrected chi connectivity index (χ1v) is 4.97. The topological polar surface area (TPSA) is 15.3 Å². The molecular formula is C9H16F2N2. The van der Waals surface area contributed by atoms with Gasteiger partial charge in [0.15, 0.2) is 0 Å². The Labute approximate surface area is 77.3 Å². The SMILES string of the molecule is FC1(F)CN(CC2CCNCC2)C1. The molecule has 0 bridgehead atoms. The Balaban J connectivity index is 1.68. The van der Waals surface area contributed by atoms with Crippen LogP contribution < -0.4 is 5.32 Å². The lowest BCUT2D eigenvalue weighted by Crippen LogP contribution is -2.57. The first-order chi connectivity index (χ1) is 6.16. The average molecular weight is 190 g/mol. The molecule has 0 radical (unpaired) electrons. The maximum atomic E-state index is 12.5. The molecule has 0 amide bonds. The molecule has 2 rings (SSSR count). The summed E-state index contributed by atoms with van der Waals surface area (Å²) in [6, 6.07) is 0. The van der Waals surface area contributed by atoms with Gasteiger partial charge in [-0.1, -0.05) is 0 Å². The fraction of sp³-hybridized carbons (Fsp3) is 1.00. The molecule has 0 aromatic rings. The van der Waals surface area contributed by atoms with Gasteiger partial charge >= 0.3 is 0 Å². The summed E-state index contributed by atoms with van der Waals surface area (Å²) in [6.45, 7) is 2.94. The third-order valence-electron chi connectivity index (χ3n) is 2.88. The van der Waals surface area contributed by atoms with Crippen LogP contribution in [0.3, 0.4) is 0 Å². The van der Waals surface area contributed by atoms with Gasteiger partial charge < -0.3 is 5.32 Å². The summed E-state index contributed by atoms with van der Waals surface area (Å²) in [5, 5.41) is 3.27. The second-order valence-corrected chi connectivity index (χ2v) is 4.22. The van der Waals surface area contributed by atoms with Gasteiger partial charge in [-0.05, 0) is 31.8 Å². The Morgan fingerprint density at radius 3 is 2.38 bits per heavy atom.